The second kappa shape index (κ2) is 10.6. The number of hydrogen-bond acceptors (Lipinski definition) is 4. The van der Waals surface area contributed by atoms with Gasteiger partial charge in [-0.3, -0.25) is 4.79 Å². The molecule has 1 aliphatic heterocycles. The molecule has 7 nitrogen and oxygen atoms in total. The first kappa shape index (κ1) is 21.6. The lowest BCUT2D eigenvalue weighted by Crippen LogP contribution is -2.45. The molecular weight excluding hydrogens is 380 g/mol. The SMILES string of the molecule is CCOc1ccc(N2CC(NC(=O)NCCN(C)Cc3ccccc3)CC2=O)cc1. The standard InChI is InChI=1S/C23H30N4O3/c1-3-30-21-11-9-20(10-12-21)27-17-19(15-22(27)28)25-23(29)24-13-14-26(2)16-18-7-5-4-6-8-18/h4-12,19H,3,13-17H2,1-2H3,(H2,24,25,29). The minimum Gasteiger partial charge on any atom is -0.494 e. The molecule has 0 aliphatic carbocycles. The van der Waals surface area contributed by atoms with Crippen LogP contribution in [-0.4, -0.2) is 56.2 Å². The zero-order valence-corrected chi connectivity index (χ0v) is 17.6. The van der Waals surface area contributed by atoms with Gasteiger partial charge in [0.05, 0.1) is 12.6 Å². The Morgan fingerprint density at radius 2 is 1.90 bits per heavy atom. The van der Waals surface area contributed by atoms with E-state index in [1.807, 2.05) is 56.4 Å². The third-order valence-corrected chi connectivity index (χ3v) is 4.99. The molecule has 2 N–H and O–H groups in total. The summed E-state index contributed by atoms with van der Waals surface area (Å²) in [5.41, 5.74) is 2.05. The second-order valence-corrected chi connectivity index (χ2v) is 7.46. The van der Waals surface area contributed by atoms with E-state index >= 15 is 0 Å². The third-order valence-electron chi connectivity index (χ3n) is 4.99. The van der Waals surface area contributed by atoms with E-state index in [1.165, 1.54) is 5.56 Å². The predicted octanol–water partition coefficient (Wildman–Crippen LogP) is 2.62. The highest BCUT2D eigenvalue weighted by Gasteiger charge is 2.31. The van der Waals surface area contributed by atoms with Gasteiger partial charge in [-0.15, -0.1) is 0 Å². The van der Waals surface area contributed by atoms with Crippen LogP contribution in [-0.2, 0) is 11.3 Å². The Morgan fingerprint density at radius 1 is 1.17 bits per heavy atom. The summed E-state index contributed by atoms with van der Waals surface area (Å²) in [4.78, 5) is 28.4. The van der Waals surface area contributed by atoms with Gasteiger partial charge in [0.1, 0.15) is 5.75 Å². The van der Waals surface area contributed by atoms with Crippen molar-refractivity contribution in [3.8, 4) is 5.75 Å². The van der Waals surface area contributed by atoms with Crippen LogP contribution in [0.2, 0.25) is 0 Å². The highest BCUT2D eigenvalue weighted by Crippen LogP contribution is 2.24. The van der Waals surface area contributed by atoms with Gasteiger partial charge in [-0.1, -0.05) is 30.3 Å². The number of benzene rings is 2. The quantitative estimate of drug-likeness (QED) is 0.667. The molecule has 160 valence electrons. The smallest absolute Gasteiger partial charge is 0.315 e. The van der Waals surface area contributed by atoms with E-state index in [4.69, 9.17) is 4.74 Å². The lowest BCUT2D eigenvalue weighted by Gasteiger charge is -2.19. The average molecular weight is 411 g/mol. The molecule has 1 aliphatic rings. The molecular formula is C23H30N4O3. The summed E-state index contributed by atoms with van der Waals surface area (Å²) in [6.07, 6.45) is 0.300. The molecule has 1 heterocycles. The number of likely N-dealkylation sites (N-methyl/N-ethyl adjacent to an activating group) is 1. The van der Waals surface area contributed by atoms with Crippen molar-refractivity contribution in [3.63, 3.8) is 0 Å². The van der Waals surface area contributed by atoms with Crippen molar-refractivity contribution < 1.29 is 14.3 Å². The first-order chi connectivity index (χ1) is 14.5. The minimum atomic E-state index is -0.241. The van der Waals surface area contributed by atoms with Crippen molar-refractivity contribution in [2.24, 2.45) is 0 Å². The summed E-state index contributed by atoms with van der Waals surface area (Å²) in [5, 5.41) is 5.79. The number of nitrogens with one attached hydrogen (secondary N) is 2. The van der Waals surface area contributed by atoms with Gasteiger partial charge in [0.15, 0.2) is 0 Å². The number of nitrogens with zero attached hydrogens (tertiary/aromatic N) is 2. The highest BCUT2D eigenvalue weighted by atomic mass is 16.5. The summed E-state index contributed by atoms with van der Waals surface area (Å²) in [7, 11) is 2.02. The first-order valence-corrected chi connectivity index (χ1v) is 10.3. The van der Waals surface area contributed by atoms with Gasteiger partial charge < -0.3 is 25.2 Å². The third kappa shape index (κ3) is 6.22. The maximum absolute atomic E-state index is 12.4. The number of hydrogen-bond donors (Lipinski definition) is 2. The highest BCUT2D eigenvalue weighted by molar-refractivity contribution is 5.96. The maximum atomic E-state index is 12.4. The molecule has 0 spiro atoms. The largest absolute Gasteiger partial charge is 0.494 e. The summed E-state index contributed by atoms with van der Waals surface area (Å²) in [6, 6.07) is 17.2. The van der Waals surface area contributed by atoms with Crippen LogP contribution in [0.4, 0.5) is 10.5 Å². The Bertz CT molecular complexity index is 826. The van der Waals surface area contributed by atoms with Crippen LogP contribution in [0.3, 0.4) is 0 Å². The molecule has 3 amide bonds. The molecule has 0 aromatic heterocycles. The molecule has 3 rings (SSSR count). The van der Waals surface area contributed by atoms with Crippen LogP contribution in [0.5, 0.6) is 5.75 Å². The Kier molecular flexibility index (Phi) is 7.68. The van der Waals surface area contributed by atoms with Crippen LogP contribution >= 0.6 is 0 Å². The van der Waals surface area contributed by atoms with Gasteiger partial charge in [-0.05, 0) is 43.8 Å². The van der Waals surface area contributed by atoms with Gasteiger partial charge in [-0.2, -0.15) is 0 Å². The van der Waals surface area contributed by atoms with E-state index in [2.05, 4.69) is 27.7 Å². The number of amides is 3. The molecule has 1 saturated heterocycles. The van der Waals surface area contributed by atoms with Gasteiger partial charge in [0, 0.05) is 38.3 Å². The zero-order chi connectivity index (χ0) is 21.3. The minimum absolute atomic E-state index is 0.00653. The van der Waals surface area contributed by atoms with Crippen LogP contribution in [0.25, 0.3) is 0 Å². The lowest BCUT2D eigenvalue weighted by molar-refractivity contribution is -0.117. The van der Waals surface area contributed by atoms with Crippen LogP contribution in [0, 0.1) is 0 Å². The summed E-state index contributed by atoms with van der Waals surface area (Å²) < 4.78 is 5.44. The number of urea groups is 1. The Hall–Kier alpha value is -3.06. The fourth-order valence-electron chi connectivity index (χ4n) is 3.51. The molecule has 30 heavy (non-hydrogen) atoms. The van der Waals surface area contributed by atoms with Crippen LogP contribution < -0.4 is 20.3 Å². The summed E-state index contributed by atoms with van der Waals surface area (Å²) in [6.45, 7) is 5.11. The van der Waals surface area contributed by atoms with Crippen molar-refractivity contribution in [2.75, 3.05) is 38.2 Å². The summed E-state index contributed by atoms with van der Waals surface area (Å²) in [5.74, 6) is 0.784. The van der Waals surface area contributed by atoms with Gasteiger partial charge in [0.2, 0.25) is 5.91 Å². The van der Waals surface area contributed by atoms with Crippen molar-refractivity contribution in [3.05, 3.63) is 60.2 Å². The predicted molar refractivity (Wildman–Crippen MR) is 118 cm³/mol. The van der Waals surface area contributed by atoms with Crippen LogP contribution in [0.1, 0.15) is 18.9 Å². The molecule has 2 aromatic rings. The molecule has 0 radical (unpaired) electrons. The van der Waals surface area contributed by atoms with Gasteiger partial charge >= 0.3 is 6.03 Å². The van der Waals surface area contributed by atoms with E-state index in [0.717, 1.165) is 24.5 Å². The van der Waals surface area contributed by atoms with Gasteiger partial charge in [-0.25, -0.2) is 4.79 Å². The van der Waals surface area contributed by atoms with E-state index in [9.17, 15) is 9.59 Å². The maximum Gasteiger partial charge on any atom is 0.315 e. The Balaban J connectivity index is 1.39. The topological polar surface area (TPSA) is 73.9 Å². The van der Waals surface area contributed by atoms with E-state index in [0.29, 0.717) is 26.1 Å². The molecule has 7 heteroatoms. The van der Waals surface area contributed by atoms with Crippen molar-refractivity contribution in [2.45, 2.75) is 25.9 Å². The number of rotatable bonds is 9. The monoisotopic (exact) mass is 410 g/mol. The van der Waals surface area contributed by atoms with Gasteiger partial charge in [0.25, 0.3) is 0 Å². The molecule has 0 saturated carbocycles. The molecule has 2 aromatic carbocycles. The number of carbonyl (C=O) groups is 2. The first-order valence-electron chi connectivity index (χ1n) is 10.3. The second-order valence-electron chi connectivity index (χ2n) is 7.46. The number of ether oxygens (including phenoxy) is 1. The zero-order valence-electron chi connectivity index (χ0n) is 17.6. The van der Waals surface area contributed by atoms with Crippen molar-refractivity contribution >= 4 is 17.6 Å². The van der Waals surface area contributed by atoms with Crippen molar-refractivity contribution in [1.29, 1.82) is 0 Å². The normalized spacial score (nSPS) is 16.0. The van der Waals surface area contributed by atoms with Crippen LogP contribution in [0.15, 0.2) is 54.6 Å². The Morgan fingerprint density at radius 3 is 2.60 bits per heavy atom. The molecule has 1 fully saturated rings. The summed E-state index contributed by atoms with van der Waals surface area (Å²) >= 11 is 0. The average Bonchev–Trinajstić information content (AvgIpc) is 3.09. The molecule has 1 atom stereocenters. The molecule has 1 unspecified atom stereocenters. The fourth-order valence-corrected chi connectivity index (χ4v) is 3.51. The Labute approximate surface area is 178 Å². The number of anilines is 1. The molecule has 0 bridgehead atoms. The van der Waals surface area contributed by atoms with E-state index in [-0.39, 0.29) is 18.0 Å². The van der Waals surface area contributed by atoms with E-state index in [1.54, 1.807) is 4.90 Å². The van der Waals surface area contributed by atoms with Crippen molar-refractivity contribution in [1.82, 2.24) is 15.5 Å². The number of carbonyl (C=O) groups excluding carboxylic acids is 2. The fraction of sp³-hybridized carbons (Fsp3) is 0.391. The van der Waals surface area contributed by atoms with E-state index < -0.39 is 0 Å². The lowest BCUT2D eigenvalue weighted by atomic mass is 10.2.